The van der Waals surface area contributed by atoms with Crippen LogP contribution in [0.15, 0.2) is 16.5 Å². The molecule has 3 unspecified atom stereocenters. The number of nitrogens with one attached hydrogen (secondary N) is 1. The van der Waals surface area contributed by atoms with Crippen molar-refractivity contribution in [3.8, 4) is 0 Å². The van der Waals surface area contributed by atoms with Gasteiger partial charge in [-0.15, -0.1) is 0 Å². The number of hydrogen-bond acceptors (Lipinski definition) is 3. The monoisotopic (exact) mass is 237 g/mol. The Morgan fingerprint density at radius 2 is 2.24 bits per heavy atom. The molecule has 1 N–H and O–H groups in total. The first-order valence-corrected chi connectivity index (χ1v) is 6.68. The third kappa shape index (κ3) is 2.90. The lowest BCUT2D eigenvalue weighted by atomic mass is 9.95. The van der Waals surface area contributed by atoms with Gasteiger partial charge in [0.2, 0.25) is 0 Å². The van der Waals surface area contributed by atoms with Gasteiger partial charge >= 0.3 is 0 Å². The summed E-state index contributed by atoms with van der Waals surface area (Å²) in [5.41, 5.74) is 0. The molecule has 1 aliphatic heterocycles. The highest BCUT2D eigenvalue weighted by Crippen LogP contribution is 2.32. The highest BCUT2D eigenvalue weighted by molar-refractivity contribution is 5.12. The van der Waals surface area contributed by atoms with E-state index in [1.807, 2.05) is 0 Å². The first-order valence-electron chi connectivity index (χ1n) is 6.68. The summed E-state index contributed by atoms with van der Waals surface area (Å²) in [6.45, 7) is 8.18. The molecule has 1 aliphatic rings. The predicted molar refractivity (Wildman–Crippen MR) is 68.0 cm³/mol. The van der Waals surface area contributed by atoms with E-state index in [-0.39, 0.29) is 0 Å². The van der Waals surface area contributed by atoms with Crippen LogP contribution in [0, 0.1) is 5.92 Å². The Morgan fingerprint density at radius 1 is 1.41 bits per heavy atom. The molecule has 0 radical (unpaired) electrons. The van der Waals surface area contributed by atoms with Crippen molar-refractivity contribution in [1.29, 1.82) is 0 Å². The largest absolute Gasteiger partial charge is 0.464 e. The molecule has 17 heavy (non-hydrogen) atoms. The molecular weight excluding hydrogens is 214 g/mol. The second kappa shape index (κ2) is 5.69. The zero-order chi connectivity index (χ0) is 12.3. The molecule has 2 heterocycles. The van der Waals surface area contributed by atoms with Gasteiger partial charge < -0.3 is 14.5 Å². The second-order valence-electron chi connectivity index (χ2n) is 4.83. The maximum absolute atomic E-state index is 5.88. The Hall–Kier alpha value is -0.800. The minimum absolute atomic E-state index is 0.297. The van der Waals surface area contributed by atoms with E-state index < -0.39 is 0 Å². The Labute approximate surface area is 104 Å². The summed E-state index contributed by atoms with van der Waals surface area (Å²) < 4.78 is 11.5. The maximum atomic E-state index is 5.88. The minimum Gasteiger partial charge on any atom is -0.464 e. The molecule has 3 heteroatoms. The van der Waals surface area contributed by atoms with Crippen LogP contribution in [0.3, 0.4) is 0 Å². The molecule has 0 amide bonds. The molecule has 96 valence electrons. The van der Waals surface area contributed by atoms with Crippen LogP contribution in [0.5, 0.6) is 0 Å². The summed E-state index contributed by atoms with van der Waals surface area (Å²) in [5, 5.41) is 3.53. The summed E-state index contributed by atoms with van der Waals surface area (Å²) >= 11 is 0. The normalized spacial score (nSPS) is 26.3. The molecule has 0 aliphatic carbocycles. The van der Waals surface area contributed by atoms with Crippen LogP contribution in [0.4, 0.5) is 0 Å². The van der Waals surface area contributed by atoms with Gasteiger partial charge in [0.25, 0.3) is 0 Å². The van der Waals surface area contributed by atoms with Crippen molar-refractivity contribution in [3.63, 3.8) is 0 Å². The van der Waals surface area contributed by atoms with E-state index >= 15 is 0 Å². The van der Waals surface area contributed by atoms with E-state index in [9.17, 15) is 0 Å². The Balaban J connectivity index is 2.10. The Bertz CT molecular complexity index is 348. The molecule has 3 atom stereocenters. The van der Waals surface area contributed by atoms with Crippen LogP contribution in [-0.4, -0.2) is 19.3 Å². The maximum Gasteiger partial charge on any atom is 0.121 e. The quantitative estimate of drug-likeness (QED) is 0.855. The van der Waals surface area contributed by atoms with Crippen molar-refractivity contribution >= 4 is 0 Å². The van der Waals surface area contributed by atoms with Crippen LogP contribution in [0.2, 0.25) is 0 Å². The molecule has 1 aromatic heterocycles. The summed E-state index contributed by atoms with van der Waals surface area (Å²) in [4.78, 5) is 0. The van der Waals surface area contributed by atoms with Crippen molar-refractivity contribution in [2.45, 2.75) is 45.8 Å². The van der Waals surface area contributed by atoms with Gasteiger partial charge in [0.1, 0.15) is 11.5 Å². The molecule has 3 nitrogen and oxygen atoms in total. The average Bonchev–Trinajstić information content (AvgIpc) is 2.94. The van der Waals surface area contributed by atoms with Crippen molar-refractivity contribution in [1.82, 2.24) is 5.32 Å². The Morgan fingerprint density at radius 3 is 2.76 bits per heavy atom. The highest BCUT2D eigenvalue weighted by Gasteiger charge is 2.31. The SMILES string of the molecule is CCNC(c1ccc(CC)o1)C1COC(C)C1. The third-order valence-electron chi connectivity index (χ3n) is 3.46. The second-order valence-corrected chi connectivity index (χ2v) is 4.83. The summed E-state index contributed by atoms with van der Waals surface area (Å²) in [5.74, 6) is 2.65. The summed E-state index contributed by atoms with van der Waals surface area (Å²) in [6.07, 6.45) is 2.44. The number of rotatable bonds is 5. The van der Waals surface area contributed by atoms with E-state index in [1.54, 1.807) is 0 Å². The lowest BCUT2D eigenvalue weighted by molar-refractivity contribution is 0.115. The van der Waals surface area contributed by atoms with E-state index in [0.717, 1.165) is 37.5 Å². The van der Waals surface area contributed by atoms with Crippen LogP contribution >= 0.6 is 0 Å². The predicted octanol–water partition coefficient (Wildman–Crippen LogP) is 2.92. The zero-order valence-corrected chi connectivity index (χ0v) is 11.0. The van der Waals surface area contributed by atoms with Gasteiger partial charge in [0, 0.05) is 12.3 Å². The lowest BCUT2D eigenvalue weighted by Gasteiger charge is -2.21. The molecule has 0 aromatic carbocycles. The van der Waals surface area contributed by atoms with Crippen LogP contribution in [-0.2, 0) is 11.2 Å². The molecule has 1 aromatic rings. The number of furan rings is 1. The van der Waals surface area contributed by atoms with Gasteiger partial charge in [-0.25, -0.2) is 0 Å². The highest BCUT2D eigenvalue weighted by atomic mass is 16.5. The van der Waals surface area contributed by atoms with Crippen molar-refractivity contribution < 1.29 is 9.15 Å². The third-order valence-corrected chi connectivity index (χ3v) is 3.46. The van der Waals surface area contributed by atoms with Crippen molar-refractivity contribution in [3.05, 3.63) is 23.7 Å². The first kappa shape index (κ1) is 12.7. The van der Waals surface area contributed by atoms with Gasteiger partial charge in [-0.2, -0.15) is 0 Å². The topological polar surface area (TPSA) is 34.4 Å². The molecule has 0 bridgehead atoms. The molecule has 2 rings (SSSR count). The van der Waals surface area contributed by atoms with Crippen molar-refractivity contribution in [2.75, 3.05) is 13.2 Å². The molecule has 0 spiro atoms. The zero-order valence-electron chi connectivity index (χ0n) is 11.0. The van der Waals surface area contributed by atoms with E-state index in [4.69, 9.17) is 9.15 Å². The van der Waals surface area contributed by atoms with Gasteiger partial charge in [-0.1, -0.05) is 13.8 Å². The number of ether oxygens (including phenoxy) is 1. The molecular formula is C14H23NO2. The lowest BCUT2D eigenvalue weighted by Crippen LogP contribution is -2.28. The van der Waals surface area contributed by atoms with Crippen LogP contribution < -0.4 is 5.32 Å². The fourth-order valence-corrected chi connectivity index (χ4v) is 2.55. The van der Waals surface area contributed by atoms with Gasteiger partial charge in [-0.05, 0) is 32.0 Å². The number of aryl methyl sites for hydroxylation is 1. The molecule has 0 saturated carbocycles. The summed E-state index contributed by atoms with van der Waals surface area (Å²) in [7, 11) is 0. The standard InChI is InChI=1S/C14H23NO2/c1-4-12-6-7-13(17-12)14(15-5-2)11-8-10(3)16-9-11/h6-7,10-11,14-15H,4-5,8-9H2,1-3H3. The average molecular weight is 237 g/mol. The van der Waals surface area contributed by atoms with Crippen LogP contribution in [0.1, 0.15) is 44.8 Å². The van der Waals surface area contributed by atoms with E-state index in [0.29, 0.717) is 18.1 Å². The fraction of sp³-hybridized carbons (Fsp3) is 0.714. The van der Waals surface area contributed by atoms with Gasteiger partial charge in [0.15, 0.2) is 0 Å². The fourth-order valence-electron chi connectivity index (χ4n) is 2.55. The van der Waals surface area contributed by atoms with Gasteiger partial charge in [-0.3, -0.25) is 0 Å². The molecule has 1 fully saturated rings. The Kier molecular flexibility index (Phi) is 4.24. The van der Waals surface area contributed by atoms with Crippen molar-refractivity contribution in [2.24, 2.45) is 5.92 Å². The number of hydrogen-bond donors (Lipinski definition) is 1. The first-order chi connectivity index (χ1) is 8.24. The smallest absolute Gasteiger partial charge is 0.121 e. The van der Waals surface area contributed by atoms with Crippen LogP contribution in [0.25, 0.3) is 0 Å². The van der Waals surface area contributed by atoms with Gasteiger partial charge in [0.05, 0.1) is 18.8 Å². The molecule has 1 saturated heterocycles. The summed E-state index contributed by atoms with van der Waals surface area (Å²) in [6, 6.07) is 4.49. The van der Waals surface area contributed by atoms with E-state index in [1.165, 1.54) is 0 Å². The minimum atomic E-state index is 0.297. The van der Waals surface area contributed by atoms with E-state index in [2.05, 4.69) is 38.2 Å².